The Kier molecular flexibility index (Phi) is 4.41. The maximum atomic E-state index is 11.8. The second-order valence-electron chi connectivity index (χ2n) is 6.72. The molecule has 0 heterocycles. The normalized spacial score (nSPS) is 17.4. The number of carbonyl (C=O) groups excluding carboxylic acids is 2. The Morgan fingerprint density at radius 2 is 1.83 bits per heavy atom. The Bertz CT molecular complexity index is 324. The van der Waals surface area contributed by atoms with E-state index in [4.69, 9.17) is 4.74 Å². The van der Waals surface area contributed by atoms with Gasteiger partial charge >= 0.3 is 6.09 Å². The molecule has 0 spiro atoms. The number of ketones is 1. The first-order chi connectivity index (χ1) is 8.12. The Morgan fingerprint density at radius 3 is 2.22 bits per heavy atom. The minimum absolute atomic E-state index is 0.221. The lowest BCUT2D eigenvalue weighted by molar-refractivity contribution is -0.120. The van der Waals surface area contributed by atoms with Crippen molar-refractivity contribution < 1.29 is 14.3 Å². The Labute approximate surface area is 109 Å². The smallest absolute Gasteiger partial charge is 0.408 e. The second kappa shape index (κ2) is 5.29. The highest BCUT2D eigenvalue weighted by atomic mass is 16.6. The quantitative estimate of drug-likeness (QED) is 0.821. The maximum Gasteiger partial charge on any atom is 0.408 e. The van der Waals surface area contributed by atoms with E-state index in [-0.39, 0.29) is 11.3 Å². The molecule has 104 valence electrons. The SMILES string of the molecule is CC(C)CC(=O)CC1(NC(=O)OC(C)(C)C)CC1. The van der Waals surface area contributed by atoms with Crippen LogP contribution in [0.1, 0.15) is 60.3 Å². The van der Waals surface area contributed by atoms with Gasteiger partial charge < -0.3 is 10.1 Å². The van der Waals surface area contributed by atoms with Crippen LogP contribution < -0.4 is 5.32 Å². The topological polar surface area (TPSA) is 55.4 Å². The van der Waals surface area contributed by atoms with E-state index in [0.29, 0.717) is 18.8 Å². The summed E-state index contributed by atoms with van der Waals surface area (Å²) in [5.74, 6) is 0.591. The fraction of sp³-hybridized carbons (Fsp3) is 0.857. The zero-order valence-electron chi connectivity index (χ0n) is 12.1. The molecule has 18 heavy (non-hydrogen) atoms. The summed E-state index contributed by atoms with van der Waals surface area (Å²) in [5, 5.41) is 2.85. The van der Waals surface area contributed by atoms with Gasteiger partial charge in [0.2, 0.25) is 0 Å². The standard InChI is InChI=1S/C14H25NO3/c1-10(2)8-11(16)9-14(6-7-14)15-12(17)18-13(3,4)5/h10H,6-9H2,1-5H3,(H,15,17). The van der Waals surface area contributed by atoms with E-state index in [1.165, 1.54) is 0 Å². The Balaban J connectivity index is 2.41. The highest BCUT2D eigenvalue weighted by molar-refractivity contribution is 5.81. The van der Waals surface area contributed by atoms with Crippen LogP contribution in [0.15, 0.2) is 0 Å². The molecule has 1 aliphatic rings. The molecule has 4 heteroatoms. The molecule has 1 amide bonds. The zero-order valence-corrected chi connectivity index (χ0v) is 12.1. The lowest BCUT2D eigenvalue weighted by atomic mass is 10.0. The molecule has 1 aliphatic carbocycles. The van der Waals surface area contributed by atoms with Gasteiger partial charge in [0.1, 0.15) is 11.4 Å². The first-order valence-electron chi connectivity index (χ1n) is 6.65. The number of hydrogen-bond donors (Lipinski definition) is 1. The molecule has 0 aliphatic heterocycles. The molecular formula is C14H25NO3. The van der Waals surface area contributed by atoms with Crippen LogP contribution in [0.2, 0.25) is 0 Å². The van der Waals surface area contributed by atoms with Crippen LogP contribution in [0.3, 0.4) is 0 Å². The van der Waals surface area contributed by atoms with Crippen molar-refractivity contribution in [2.45, 2.75) is 71.4 Å². The van der Waals surface area contributed by atoms with Crippen LogP contribution in [-0.4, -0.2) is 23.0 Å². The number of ether oxygens (including phenoxy) is 1. The molecule has 0 saturated heterocycles. The van der Waals surface area contributed by atoms with E-state index in [2.05, 4.69) is 5.32 Å². The monoisotopic (exact) mass is 255 g/mol. The number of amides is 1. The van der Waals surface area contributed by atoms with Crippen LogP contribution in [0.25, 0.3) is 0 Å². The van der Waals surface area contributed by atoms with Crippen LogP contribution in [0.5, 0.6) is 0 Å². The molecular weight excluding hydrogens is 230 g/mol. The van der Waals surface area contributed by atoms with Gasteiger partial charge in [-0.2, -0.15) is 0 Å². The summed E-state index contributed by atoms with van der Waals surface area (Å²) in [7, 11) is 0. The molecule has 1 saturated carbocycles. The van der Waals surface area contributed by atoms with E-state index in [0.717, 1.165) is 12.8 Å². The van der Waals surface area contributed by atoms with E-state index in [1.54, 1.807) is 0 Å². The van der Waals surface area contributed by atoms with Gasteiger partial charge in [0, 0.05) is 12.8 Å². The third-order valence-electron chi connectivity index (χ3n) is 2.79. The third kappa shape index (κ3) is 5.52. The lowest BCUT2D eigenvalue weighted by Gasteiger charge is -2.23. The highest BCUT2D eigenvalue weighted by Crippen LogP contribution is 2.39. The Morgan fingerprint density at radius 1 is 1.28 bits per heavy atom. The summed E-state index contributed by atoms with van der Waals surface area (Å²) in [6.07, 6.45) is 2.34. The average molecular weight is 255 g/mol. The molecule has 4 nitrogen and oxygen atoms in total. The minimum atomic E-state index is -0.498. The van der Waals surface area contributed by atoms with Crippen LogP contribution in [0.4, 0.5) is 4.79 Å². The number of nitrogens with one attached hydrogen (secondary N) is 1. The maximum absolute atomic E-state index is 11.8. The van der Waals surface area contributed by atoms with Gasteiger partial charge in [-0.1, -0.05) is 13.8 Å². The number of alkyl carbamates (subject to hydrolysis) is 1. The third-order valence-corrected chi connectivity index (χ3v) is 2.79. The highest BCUT2D eigenvalue weighted by Gasteiger charge is 2.46. The number of rotatable bonds is 5. The van der Waals surface area contributed by atoms with Gasteiger partial charge in [-0.05, 0) is 39.5 Å². The van der Waals surface area contributed by atoms with Crippen molar-refractivity contribution in [3.05, 3.63) is 0 Å². The number of hydrogen-bond acceptors (Lipinski definition) is 3. The van der Waals surface area contributed by atoms with E-state index < -0.39 is 11.7 Å². The first-order valence-corrected chi connectivity index (χ1v) is 6.65. The summed E-state index contributed by atoms with van der Waals surface area (Å²) in [5.41, 5.74) is -0.823. The van der Waals surface area contributed by atoms with Crippen molar-refractivity contribution in [2.75, 3.05) is 0 Å². The first kappa shape index (κ1) is 15.0. The van der Waals surface area contributed by atoms with Crippen molar-refractivity contribution in [1.29, 1.82) is 0 Å². The lowest BCUT2D eigenvalue weighted by Crippen LogP contribution is -2.41. The van der Waals surface area contributed by atoms with E-state index in [1.807, 2.05) is 34.6 Å². The molecule has 1 fully saturated rings. The Hall–Kier alpha value is -1.06. The number of carbonyl (C=O) groups is 2. The molecule has 0 aromatic heterocycles. The summed E-state index contributed by atoms with van der Waals surface area (Å²) in [6.45, 7) is 9.54. The summed E-state index contributed by atoms with van der Waals surface area (Å²) in [6, 6.07) is 0. The van der Waals surface area contributed by atoms with Gasteiger partial charge in [0.15, 0.2) is 0 Å². The molecule has 0 bridgehead atoms. The predicted molar refractivity (Wildman–Crippen MR) is 70.4 cm³/mol. The largest absolute Gasteiger partial charge is 0.444 e. The molecule has 0 atom stereocenters. The molecule has 1 N–H and O–H groups in total. The van der Waals surface area contributed by atoms with Crippen LogP contribution in [0, 0.1) is 5.92 Å². The van der Waals surface area contributed by atoms with Crippen LogP contribution in [-0.2, 0) is 9.53 Å². The molecule has 0 aromatic carbocycles. The fourth-order valence-corrected chi connectivity index (χ4v) is 1.92. The zero-order chi connectivity index (χ0) is 14.0. The van der Waals surface area contributed by atoms with Crippen LogP contribution >= 0.6 is 0 Å². The summed E-state index contributed by atoms with van der Waals surface area (Å²) >= 11 is 0. The fourth-order valence-electron chi connectivity index (χ4n) is 1.92. The van der Waals surface area contributed by atoms with Gasteiger partial charge in [-0.3, -0.25) is 4.79 Å². The number of Topliss-reactive ketones (excluding diaryl/α,β-unsaturated/α-hetero) is 1. The van der Waals surface area contributed by atoms with Crippen molar-refractivity contribution in [3.8, 4) is 0 Å². The summed E-state index contributed by atoms with van der Waals surface area (Å²) in [4.78, 5) is 23.5. The van der Waals surface area contributed by atoms with E-state index >= 15 is 0 Å². The van der Waals surface area contributed by atoms with Gasteiger partial charge in [-0.25, -0.2) is 4.79 Å². The summed E-state index contributed by atoms with van der Waals surface area (Å²) < 4.78 is 5.21. The second-order valence-corrected chi connectivity index (χ2v) is 6.72. The van der Waals surface area contributed by atoms with Gasteiger partial charge in [-0.15, -0.1) is 0 Å². The van der Waals surface area contributed by atoms with Crippen molar-refractivity contribution in [1.82, 2.24) is 5.32 Å². The van der Waals surface area contributed by atoms with Crippen molar-refractivity contribution in [3.63, 3.8) is 0 Å². The van der Waals surface area contributed by atoms with Gasteiger partial charge in [0.25, 0.3) is 0 Å². The molecule has 1 rings (SSSR count). The molecule has 0 unspecified atom stereocenters. The van der Waals surface area contributed by atoms with Gasteiger partial charge in [0.05, 0.1) is 5.54 Å². The minimum Gasteiger partial charge on any atom is -0.444 e. The average Bonchev–Trinajstić information content (AvgIpc) is 2.77. The molecule has 0 radical (unpaired) electrons. The van der Waals surface area contributed by atoms with E-state index in [9.17, 15) is 9.59 Å². The molecule has 0 aromatic rings. The van der Waals surface area contributed by atoms with Crippen molar-refractivity contribution in [2.24, 2.45) is 5.92 Å². The predicted octanol–water partition coefficient (Wildman–Crippen LogP) is 3.05. The van der Waals surface area contributed by atoms with Crippen molar-refractivity contribution >= 4 is 11.9 Å².